The number of nitrogens with two attached hydrogens (primary N) is 11. The number of guanidine groups is 8. The van der Waals surface area contributed by atoms with E-state index in [1.165, 1.54) is 24.1 Å². The number of amides is 16. The third-order valence-corrected chi connectivity index (χ3v) is 27.2. The molecule has 3 saturated heterocycles. The fourth-order valence-corrected chi connectivity index (χ4v) is 19.4. The SMILES string of the molecule is CNC(=O)C1CCCN1C(=O)C(Cc1ccc(O)cc1)NC(=O)C(N)CSSC[C@H](N)C(=O)N[C@@H](CCCNC(=N)N)C(=O)N[C@@H](CCCNC(=N)N)C(=O)N[C@@H](CCCNC(=N)N)C(=O)N[C@@H](CCCNC(=N)N)C(=O)N[C@@H](CCCNC(=N)N)C(=O)N[C@@H](CCCNC(=N)N)C(=O)NCCCCC(NC(=O)[C@H](CCCNC(=N)N)NC(=O)[C@H](CCCNC(=N)N)NC(=O)CCCC[C@@H]1SC[C@@H]2NC(=O)N[C@@H]21)C(N)=O. The van der Waals surface area contributed by atoms with Gasteiger partial charge in [-0.25, -0.2) is 4.79 Å². The highest BCUT2D eigenvalue weighted by atomic mass is 33.1. The summed E-state index contributed by atoms with van der Waals surface area (Å²) in [5, 5.41) is 131. The molecule has 3 heterocycles. The van der Waals surface area contributed by atoms with E-state index in [1.54, 1.807) is 23.9 Å². The lowest BCUT2D eigenvalue weighted by Gasteiger charge is -2.29. The van der Waals surface area contributed by atoms with Crippen molar-refractivity contribution in [3.63, 3.8) is 0 Å². The number of urea groups is 1. The molecular formula is C85H154N42O16S3. The van der Waals surface area contributed by atoms with Crippen LogP contribution in [0.1, 0.15) is 166 Å². The molecule has 818 valence electrons. The number of phenolic OH excluding ortho intramolecular Hbond substituents is 1. The molecule has 0 saturated carbocycles. The molecular weight excluding hydrogens is 1960 g/mol. The minimum absolute atomic E-state index is 0.00266. The van der Waals surface area contributed by atoms with Gasteiger partial charge in [0.25, 0.3) is 0 Å². The van der Waals surface area contributed by atoms with E-state index in [2.05, 4.69) is 117 Å². The number of primary amides is 1. The minimum Gasteiger partial charge on any atom is -0.508 e. The lowest BCUT2D eigenvalue weighted by Crippen LogP contribution is -2.60. The number of benzene rings is 1. The van der Waals surface area contributed by atoms with E-state index in [1.807, 2.05) is 0 Å². The molecule has 0 aliphatic carbocycles. The van der Waals surface area contributed by atoms with Crippen LogP contribution < -0.4 is 180 Å². The number of nitrogens with one attached hydrogen (secondary N) is 30. The van der Waals surface area contributed by atoms with Crippen LogP contribution in [-0.2, 0) is 73.5 Å². The first-order valence-corrected chi connectivity index (χ1v) is 51.9. The van der Waals surface area contributed by atoms with Gasteiger partial charge in [0.15, 0.2) is 47.7 Å². The Morgan fingerprint density at radius 1 is 0.397 bits per heavy atom. The minimum atomic E-state index is -1.61. The molecule has 58 nitrogen and oxygen atoms in total. The molecule has 1 aromatic carbocycles. The van der Waals surface area contributed by atoms with E-state index in [0.717, 1.165) is 33.8 Å². The highest BCUT2D eigenvalue weighted by molar-refractivity contribution is 8.76. The lowest BCUT2D eigenvalue weighted by atomic mass is 10.0. The van der Waals surface area contributed by atoms with Crippen molar-refractivity contribution in [2.45, 2.75) is 263 Å². The van der Waals surface area contributed by atoms with E-state index >= 15 is 9.59 Å². The number of carbonyl (C=O) groups excluding carboxylic acids is 15. The molecule has 4 unspecified atom stereocenters. The van der Waals surface area contributed by atoms with Gasteiger partial charge in [-0.15, -0.1) is 0 Å². The average molecular weight is 2120 g/mol. The second-order valence-electron chi connectivity index (χ2n) is 35.0. The quantitative estimate of drug-likeness (QED) is 0.00947. The molecule has 0 spiro atoms. The van der Waals surface area contributed by atoms with Crippen LogP contribution in [0.25, 0.3) is 0 Å². The predicted molar refractivity (Wildman–Crippen MR) is 554 cm³/mol. The molecule has 3 aliphatic heterocycles. The molecule has 16 amide bonds. The Hall–Kier alpha value is -14.0. The van der Waals surface area contributed by atoms with Crippen molar-refractivity contribution in [2.24, 2.45) is 63.1 Å². The molecule has 0 bridgehead atoms. The second kappa shape index (κ2) is 68.3. The highest BCUT2D eigenvalue weighted by Crippen LogP contribution is 2.33. The number of likely N-dealkylation sites (N-methyl/N-ethyl adjacent to an activating group) is 1. The van der Waals surface area contributed by atoms with E-state index in [0.29, 0.717) is 31.2 Å². The number of phenols is 1. The van der Waals surface area contributed by atoms with E-state index in [9.17, 15) is 67.4 Å². The first-order valence-electron chi connectivity index (χ1n) is 48.3. The van der Waals surface area contributed by atoms with Gasteiger partial charge in [-0.2, -0.15) is 11.8 Å². The Kier molecular flexibility index (Phi) is 58.2. The van der Waals surface area contributed by atoms with Gasteiger partial charge >= 0.3 is 6.03 Å². The molecule has 0 radical (unpaired) electrons. The number of hydrogen-bond acceptors (Lipinski definition) is 29. The standard InChI is InChI=1S/C85H154N42O16S3/c1-105-75(141)60-24-14-40-127(60)76(142)58(41-45-27-29-46(128)30-28-45)124-66(132)48(87)43-146-145-42-47(86)65(131)117-52(18-8-34-109-79(93)94)70(136)120-55(21-11-37-112-82(99)100)72(138)122-57(23-13-39-114-84(103)104)74(140)123-56(22-12-38-113-83(101)102)73(139)121-54(20-10-36-111-81(97)98)71(137)118-50(16-6-32-107-77(89)90)67(133)106-31-5-4-15-49(64(88)130)116-69(135)53(19-9-35-110-80(95)96)119-68(134)51(17-7-33-108-78(91)92)115-62(129)26-3-2-25-61-63-59(44-144-61)125-85(143)126-63/h27-30,47-61,63,128H,2-26,31-44,86-87H2,1H3,(H2,88,130)(H,105,141)(H,106,133)(H,115,129)(H,116,135)(H,117,131)(H,118,137)(H,119,134)(H,120,136)(H,121,139)(H,122,138)(H,123,140)(H,124,132)(H4,89,90,107)(H4,91,92,108)(H4,93,94,109)(H4,95,96,110)(H4,97,98,111)(H4,99,100,112)(H4,101,102,113)(H4,103,104,114)(H2,125,126,143)/t47-,48?,49?,50-,51-,52-,53-,54-,55-,56-,57-,58?,59-,60?,61-,63-/m0/s1. The average Bonchev–Trinajstić information content (AvgIpc) is 1.67. The smallest absolute Gasteiger partial charge is 0.315 e. The van der Waals surface area contributed by atoms with Crippen LogP contribution in [-0.4, -0.2) is 332 Å². The molecule has 3 aliphatic rings. The van der Waals surface area contributed by atoms with Crippen LogP contribution >= 0.6 is 33.3 Å². The summed E-state index contributed by atoms with van der Waals surface area (Å²) in [6.45, 7) is 0.309. The topological polar surface area (TPSA) is 1020 Å². The van der Waals surface area contributed by atoms with Crippen LogP contribution in [0.4, 0.5) is 4.79 Å². The molecule has 53 N–H and O–H groups in total. The fourth-order valence-electron chi connectivity index (χ4n) is 15.6. The second-order valence-corrected chi connectivity index (χ2v) is 38.9. The zero-order valence-corrected chi connectivity index (χ0v) is 84.7. The van der Waals surface area contributed by atoms with Crippen LogP contribution in [0.5, 0.6) is 5.75 Å². The Morgan fingerprint density at radius 2 is 0.712 bits per heavy atom. The number of aromatic hydroxyl groups is 1. The number of nitrogens with zero attached hydrogens (tertiary/aromatic N) is 1. The van der Waals surface area contributed by atoms with Crippen LogP contribution in [0.2, 0.25) is 0 Å². The summed E-state index contributed by atoms with van der Waals surface area (Å²) in [7, 11) is 3.57. The summed E-state index contributed by atoms with van der Waals surface area (Å²) in [6.07, 6.45) is 2.32. The first kappa shape index (κ1) is 124. The summed E-state index contributed by atoms with van der Waals surface area (Å²) < 4.78 is 0. The maximum absolute atomic E-state index is 15.1. The van der Waals surface area contributed by atoms with Crippen molar-refractivity contribution in [3.8, 4) is 5.75 Å². The molecule has 3 fully saturated rings. The van der Waals surface area contributed by atoms with Crippen LogP contribution in [0, 0.1) is 43.3 Å². The number of likely N-dealkylation sites (tertiary alicyclic amines) is 1. The number of fused-ring (bicyclic) bond motifs is 1. The van der Waals surface area contributed by atoms with Crippen molar-refractivity contribution >= 4 is 170 Å². The van der Waals surface area contributed by atoms with Gasteiger partial charge < -0.3 is 190 Å². The maximum atomic E-state index is 15.1. The number of carbonyl (C=O) groups is 15. The third-order valence-electron chi connectivity index (χ3n) is 23.2. The van der Waals surface area contributed by atoms with Crippen molar-refractivity contribution in [1.82, 2.24) is 122 Å². The fraction of sp³-hybridized carbons (Fsp3) is 0.659. The number of hydrogen-bond donors (Lipinski definition) is 42. The zero-order valence-electron chi connectivity index (χ0n) is 82.2. The summed E-state index contributed by atoms with van der Waals surface area (Å²) in [4.78, 5) is 212. The summed E-state index contributed by atoms with van der Waals surface area (Å²) in [6, 6.07) is -11.8. The van der Waals surface area contributed by atoms with E-state index in [-0.39, 0.29) is 259 Å². The van der Waals surface area contributed by atoms with Gasteiger partial charge in [-0.1, -0.05) is 40.1 Å². The van der Waals surface area contributed by atoms with Gasteiger partial charge in [0.2, 0.25) is 82.7 Å². The molecule has 146 heavy (non-hydrogen) atoms. The molecule has 16 atom stereocenters. The Balaban J connectivity index is 1.57. The van der Waals surface area contributed by atoms with Crippen LogP contribution in [0.3, 0.4) is 0 Å². The van der Waals surface area contributed by atoms with Crippen molar-refractivity contribution in [3.05, 3.63) is 29.8 Å². The number of thioether (sulfide) groups is 1. The predicted octanol–water partition coefficient (Wildman–Crippen LogP) is -10.8. The van der Waals surface area contributed by atoms with E-state index < -0.39 is 191 Å². The largest absolute Gasteiger partial charge is 0.508 e. The highest BCUT2D eigenvalue weighted by Gasteiger charge is 2.44. The molecule has 0 aromatic heterocycles. The normalized spacial score (nSPS) is 16.8. The Labute approximate surface area is 858 Å². The molecule has 1 aromatic rings. The first-order chi connectivity index (χ1) is 69.4. The lowest BCUT2D eigenvalue weighted by molar-refractivity contribution is -0.141. The summed E-state index contributed by atoms with van der Waals surface area (Å²) >= 11 is 1.73. The number of unbranched alkanes of at least 4 members (excludes halogenated alkanes) is 2. The third kappa shape index (κ3) is 50.5. The number of rotatable bonds is 72. The van der Waals surface area contributed by atoms with Gasteiger partial charge in [0.05, 0.1) is 24.2 Å². The van der Waals surface area contributed by atoms with Gasteiger partial charge in [-0.3, -0.25) is 110 Å². The van der Waals surface area contributed by atoms with Gasteiger partial charge in [-0.05, 0) is 165 Å². The van der Waals surface area contributed by atoms with Gasteiger partial charge in [0.1, 0.15) is 72.2 Å². The summed E-state index contributed by atoms with van der Waals surface area (Å²) in [5.74, 6) is -13.9. The van der Waals surface area contributed by atoms with Crippen molar-refractivity contribution in [2.75, 3.05) is 89.8 Å². The van der Waals surface area contributed by atoms with E-state index in [4.69, 9.17) is 106 Å². The Morgan fingerprint density at radius 3 is 1.05 bits per heavy atom. The Bertz CT molecular complexity index is 4540. The van der Waals surface area contributed by atoms with Crippen LogP contribution in [0.15, 0.2) is 24.3 Å². The molecule has 61 heteroatoms. The molecule has 4 rings (SSSR count). The maximum Gasteiger partial charge on any atom is 0.315 e. The monoisotopic (exact) mass is 2120 g/mol. The van der Waals surface area contributed by atoms with Crippen molar-refractivity contribution < 1.29 is 77.0 Å². The zero-order chi connectivity index (χ0) is 108. The van der Waals surface area contributed by atoms with Gasteiger partial charge in [0, 0.05) is 108 Å². The summed E-state index contributed by atoms with van der Waals surface area (Å²) in [5.41, 5.74) is 63.8. The van der Waals surface area contributed by atoms with Crippen molar-refractivity contribution in [1.29, 1.82) is 43.3 Å².